The molecule has 0 aromatic rings. The number of esters is 4. The van der Waals surface area contributed by atoms with Crippen molar-refractivity contribution >= 4 is 39.5 Å². The third kappa shape index (κ3) is 71.6. The van der Waals surface area contributed by atoms with E-state index in [1.54, 1.807) is 0 Å². The maximum Gasteiger partial charge on any atom is 0.472 e. The van der Waals surface area contributed by atoms with Crippen molar-refractivity contribution in [2.24, 2.45) is 0 Å². The highest BCUT2D eigenvalue weighted by atomic mass is 31.2. The largest absolute Gasteiger partial charge is 0.472 e. The van der Waals surface area contributed by atoms with Gasteiger partial charge in [-0.05, 0) is 148 Å². The van der Waals surface area contributed by atoms with E-state index in [-0.39, 0.29) is 25.7 Å². The normalized spacial score (nSPS) is 14.7. The summed E-state index contributed by atoms with van der Waals surface area (Å²) in [6.07, 6.45) is 80.2. The smallest absolute Gasteiger partial charge is 0.462 e. The molecule has 0 bridgehead atoms. The maximum atomic E-state index is 13.1. The van der Waals surface area contributed by atoms with Crippen molar-refractivity contribution in [3.63, 3.8) is 0 Å². The highest BCUT2D eigenvalue weighted by molar-refractivity contribution is 7.47. The Hall–Kier alpha value is -4.80. The lowest BCUT2D eigenvalue weighted by molar-refractivity contribution is -0.161. The molecule has 0 spiro atoms. The van der Waals surface area contributed by atoms with Gasteiger partial charge in [0, 0.05) is 25.7 Å². The van der Waals surface area contributed by atoms with E-state index in [1.165, 1.54) is 51.4 Å². The van der Waals surface area contributed by atoms with E-state index in [4.69, 9.17) is 37.0 Å². The third-order valence-corrected chi connectivity index (χ3v) is 17.5. The second kappa shape index (κ2) is 72.5. The molecule has 0 aliphatic carbocycles. The van der Waals surface area contributed by atoms with Crippen LogP contribution in [0.1, 0.15) is 297 Å². The number of allylic oxidation sites excluding steroid dienone is 22. The van der Waals surface area contributed by atoms with Crippen LogP contribution in [0.5, 0.6) is 0 Å². The molecule has 0 amide bonds. The molecule has 5 atom stereocenters. The maximum absolute atomic E-state index is 13.1. The fourth-order valence-corrected chi connectivity index (χ4v) is 11.3. The second-order valence-corrected chi connectivity index (χ2v) is 28.1. The molecule has 3 N–H and O–H groups in total. The van der Waals surface area contributed by atoms with Gasteiger partial charge in [-0.1, -0.05) is 258 Å². The van der Waals surface area contributed by atoms with Crippen molar-refractivity contribution in [1.29, 1.82) is 0 Å². The number of carbonyl (C=O) groups excluding carboxylic acids is 4. The molecule has 0 aliphatic rings. The van der Waals surface area contributed by atoms with E-state index in [1.807, 2.05) is 12.2 Å². The second-order valence-electron chi connectivity index (χ2n) is 25.2. The zero-order valence-corrected chi connectivity index (χ0v) is 64.1. The van der Waals surface area contributed by atoms with E-state index in [9.17, 15) is 43.2 Å². The number of aliphatic hydroxyl groups is 1. The van der Waals surface area contributed by atoms with Gasteiger partial charge in [-0.25, -0.2) is 9.13 Å². The molecule has 0 rings (SSSR count). The highest BCUT2D eigenvalue weighted by Crippen LogP contribution is 2.45. The Labute approximate surface area is 605 Å². The fraction of sp³-hybridized carbons (Fsp3) is 0.679. The van der Waals surface area contributed by atoms with Gasteiger partial charge in [-0.15, -0.1) is 0 Å². The van der Waals surface area contributed by atoms with Gasteiger partial charge < -0.3 is 33.8 Å². The van der Waals surface area contributed by atoms with E-state index in [0.717, 1.165) is 161 Å². The summed E-state index contributed by atoms with van der Waals surface area (Å²) >= 11 is 0. The van der Waals surface area contributed by atoms with E-state index in [2.05, 4.69) is 149 Å². The molecule has 19 heteroatoms. The van der Waals surface area contributed by atoms with Crippen molar-refractivity contribution < 1.29 is 80.2 Å². The Kier molecular flexibility index (Phi) is 69.1. The summed E-state index contributed by atoms with van der Waals surface area (Å²) in [6.45, 7) is 4.48. The number of hydrogen-bond donors (Lipinski definition) is 3. The highest BCUT2D eigenvalue weighted by Gasteiger charge is 2.30. The van der Waals surface area contributed by atoms with Gasteiger partial charge in [-0.2, -0.15) is 0 Å². The number of aliphatic hydroxyl groups excluding tert-OH is 1. The lowest BCUT2D eigenvalue weighted by atomic mass is 10.1. The molecule has 0 saturated heterocycles. The first-order valence-corrected chi connectivity index (χ1v) is 41.4. The third-order valence-electron chi connectivity index (χ3n) is 15.6. The Morgan fingerprint density at radius 2 is 0.540 bits per heavy atom. The van der Waals surface area contributed by atoms with Gasteiger partial charge in [0.2, 0.25) is 0 Å². The van der Waals surface area contributed by atoms with E-state index in [0.29, 0.717) is 32.1 Å². The monoisotopic (exact) mass is 1440 g/mol. The molecule has 17 nitrogen and oxygen atoms in total. The first kappa shape index (κ1) is 95.2. The number of unbranched alkanes of at least 4 members (excludes halogenated alkanes) is 23. The van der Waals surface area contributed by atoms with Crippen LogP contribution in [0.25, 0.3) is 0 Å². The quantitative estimate of drug-likeness (QED) is 0.0169. The van der Waals surface area contributed by atoms with Crippen LogP contribution >= 0.6 is 15.6 Å². The number of ether oxygens (including phenoxy) is 4. The van der Waals surface area contributed by atoms with E-state index < -0.39 is 97.5 Å². The predicted molar refractivity (Wildman–Crippen MR) is 408 cm³/mol. The average Bonchev–Trinajstić information content (AvgIpc) is 1.02. The van der Waals surface area contributed by atoms with Gasteiger partial charge in [0.1, 0.15) is 19.3 Å². The minimum Gasteiger partial charge on any atom is -0.462 e. The molecule has 0 saturated carbocycles. The topological polar surface area (TPSA) is 237 Å². The number of hydrogen-bond acceptors (Lipinski definition) is 15. The van der Waals surface area contributed by atoms with Crippen LogP contribution in [0.4, 0.5) is 0 Å². The van der Waals surface area contributed by atoms with E-state index >= 15 is 0 Å². The molecular weight excluding hydrogens is 1310 g/mol. The molecule has 572 valence electrons. The summed E-state index contributed by atoms with van der Waals surface area (Å²) in [5.74, 6) is -2.29. The molecule has 0 aromatic carbocycles. The summed E-state index contributed by atoms with van der Waals surface area (Å²) in [6, 6.07) is 0. The molecule has 0 radical (unpaired) electrons. The van der Waals surface area contributed by atoms with Gasteiger partial charge >= 0.3 is 39.5 Å². The van der Waals surface area contributed by atoms with Gasteiger partial charge in [0.15, 0.2) is 12.2 Å². The zero-order chi connectivity index (χ0) is 73.2. The summed E-state index contributed by atoms with van der Waals surface area (Å²) in [7, 11) is -9.98. The van der Waals surface area contributed by atoms with Crippen LogP contribution in [0, 0.1) is 0 Å². The first-order chi connectivity index (χ1) is 48.7. The Bertz CT molecular complexity index is 2420. The SMILES string of the molecule is CC/C=C\C/C=C\C/C=C\C/C=C\C/C=C\CCCC(=O)OCC(COP(=O)(O)OCC(O)COP(=O)(O)OCC(COC(=O)CCCCCC/C=C\C/C=C\C/C=C\C/C=C\CC)OC(=O)CCCCCCC/C=C\CCCC)OC(=O)CCCCCCC/C=C\CCCCCCCC. The Morgan fingerprint density at radius 1 is 0.290 bits per heavy atom. The van der Waals surface area contributed by atoms with Crippen LogP contribution in [-0.4, -0.2) is 96.7 Å². The average molecular weight is 1440 g/mol. The van der Waals surface area contributed by atoms with Crippen molar-refractivity contribution in [1.82, 2.24) is 0 Å². The summed E-state index contributed by atoms with van der Waals surface area (Å²) in [5.41, 5.74) is 0. The molecule has 100 heavy (non-hydrogen) atoms. The van der Waals surface area contributed by atoms with Crippen molar-refractivity contribution in [3.8, 4) is 0 Å². The zero-order valence-electron chi connectivity index (χ0n) is 62.3. The van der Waals surface area contributed by atoms with Crippen LogP contribution in [0.15, 0.2) is 134 Å². The summed E-state index contributed by atoms with van der Waals surface area (Å²) in [5, 5.41) is 10.6. The lowest BCUT2D eigenvalue weighted by Gasteiger charge is -2.21. The molecule has 0 heterocycles. The van der Waals surface area contributed by atoms with Crippen LogP contribution < -0.4 is 0 Å². The number of phosphoric acid groups is 2. The summed E-state index contributed by atoms with van der Waals surface area (Å²) in [4.78, 5) is 72.8. The van der Waals surface area contributed by atoms with Gasteiger partial charge in [0.05, 0.1) is 26.4 Å². The Balaban J connectivity index is 5.41. The molecule has 5 unspecified atom stereocenters. The lowest BCUT2D eigenvalue weighted by Crippen LogP contribution is -2.30. The minimum atomic E-state index is -4.99. The van der Waals surface area contributed by atoms with Crippen molar-refractivity contribution in [3.05, 3.63) is 134 Å². The summed E-state index contributed by atoms with van der Waals surface area (Å²) < 4.78 is 68.4. The van der Waals surface area contributed by atoms with Crippen LogP contribution in [0.2, 0.25) is 0 Å². The first-order valence-electron chi connectivity index (χ1n) is 38.4. The minimum absolute atomic E-state index is 0.0698. The van der Waals surface area contributed by atoms with Crippen molar-refractivity contribution in [2.75, 3.05) is 39.6 Å². The molecule has 0 aromatic heterocycles. The van der Waals surface area contributed by atoms with Gasteiger partial charge in [-0.3, -0.25) is 37.3 Å². The van der Waals surface area contributed by atoms with Crippen molar-refractivity contribution in [2.45, 2.75) is 316 Å². The van der Waals surface area contributed by atoms with Crippen LogP contribution in [-0.2, 0) is 65.4 Å². The number of carbonyl (C=O) groups is 4. The fourth-order valence-electron chi connectivity index (χ4n) is 9.75. The predicted octanol–water partition coefficient (Wildman–Crippen LogP) is 22.1. The molecule has 0 fully saturated rings. The number of rotatable bonds is 71. The molecular formula is C81H136O17P2. The van der Waals surface area contributed by atoms with Gasteiger partial charge in [0.25, 0.3) is 0 Å². The van der Waals surface area contributed by atoms with Crippen LogP contribution in [0.3, 0.4) is 0 Å². The number of phosphoric ester groups is 2. The molecule has 0 aliphatic heterocycles. The standard InChI is InChI=1S/C81H136O17P2/c1-5-9-13-17-21-25-29-32-35-37-40-42-46-49-53-57-61-65-78(83)91-71-76(97-80(85)67-63-59-55-51-45-28-24-20-16-12-8-4)73-95-99(87,88)93-69-75(82)70-94-100(89,90)96-74-77(98-81(86)68-64-60-56-52-48-44-39-34-31-27-23-19-15-11-7-3)72-92-79(84)66-62-58-54-50-47-43-41-38-36-33-30-26-22-18-14-10-6-2/h9-10,13-14,20-22,24-26,32-36,39-43,50,54,75-77,82H,5-8,11-12,15-19,23,27-31,37-38,44-49,51-53,55-74H2,1-4H3,(H,87,88)(H,89,90)/b13-9-,14-10-,24-20-,25-21-,26-22-,35-32-,36-33-,39-34-,42-40-,43-41-,54-50-. The Morgan fingerprint density at radius 3 is 0.880 bits per heavy atom.